The third-order valence-electron chi connectivity index (χ3n) is 6.23. The van der Waals surface area contributed by atoms with Gasteiger partial charge in [0.2, 0.25) is 0 Å². The van der Waals surface area contributed by atoms with Gasteiger partial charge in [-0.3, -0.25) is 9.69 Å². The molecule has 2 aliphatic rings. The van der Waals surface area contributed by atoms with E-state index in [2.05, 4.69) is 76.1 Å². The molecule has 0 bridgehead atoms. The molecule has 1 amide bonds. The normalized spacial score (nSPS) is 20.0. The number of carbonyl (C=O) groups is 1. The fourth-order valence-corrected chi connectivity index (χ4v) is 6.10. The first-order chi connectivity index (χ1) is 16.0. The number of halogens is 1. The predicted molar refractivity (Wildman–Crippen MR) is 143 cm³/mol. The van der Waals surface area contributed by atoms with Gasteiger partial charge in [0.15, 0.2) is 0 Å². The van der Waals surface area contributed by atoms with E-state index in [0.29, 0.717) is 15.8 Å². The number of fused-ring (bicyclic) bond motifs is 1. The van der Waals surface area contributed by atoms with Gasteiger partial charge in [0, 0.05) is 34.8 Å². The molecule has 4 nitrogen and oxygen atoms in total. The molecule has 7 heteroatoms. The van der Waals surface area contributed by atoms with E-state index in [9.17, 15) is 4.79 Å². The van der Waals surface area contributed by atoms with Crippen molar-refractivity contribution >= 4 is 67.1 Å². The molecule has 2 aliphatic heterocycles. The predicted octanol–water partition coefficient (Wildman–Crippen LogP) is 6.39. The molecule has 2 saturated heterocycles. The number of benzene rings is 2. The van der Waals surface area contributed by atoms with Crippen molar-refractivity contribution in [3.05, 3.63) is 74.7 Å². The standard InChI is InChI=1S/C26H25BrN2O2S2/c1-2-18-5-3-7-22-19(15-28(24(18)22)14-17-8-10-20(27)11-9-17)13-23-25(30)29(26(32)33-23)16-21-6-4-12-31-21/h3,5,7-11,13,15,21H,2,4,6,12,14,16H2,1H3/b23-13-/t21-/m1/s1. The Bertz CT molecular complexity index is 1240. The van der Waals surface area contributed by atoms with Crippen molar-refractivity contribution in [3.8, 4) is 0 Å². The van der Waals surface area contributed by atoms with Crippen molar-refractivity contribution in [3.63, 3.8) is 0 Å². The summed E-state index contributed by atoms with van der Waals surface area (Å²) in [5, 5.41) is 1.16. The van der Waals surface area contributed by atoms with Crippen LogP contribution in [0.1, 0.15) is 36.5 Å². The highest BCUT2D eigenvalue weighted by atomic mass is 79.9. The van der Waals surface area contributed by atoms with E-state index in [-0.39, 0.29) is 12.0 Å². The third kappa shape index (κ3) is 4.69. The Labute approximate surface area is 212 Å². The molecule has 170 valence electrons. The minimum absolute atomic E-state index is 0.0130. The fraction of sp³-hybridized carbons (Fsp3) is 0.308. The summed E-state index contributed by atoms with van der Waals surface area (Å²) in [5.41, 5.74) is 4.81. The zero-order valence-electron chi connectivity index (χ0n) is 18.4. The quantitative estimate of drug-likeness (QED) is 0.268. The van der Waals surface area contributed by atoms with Crippen LogP contribution in [-0.2, 0) is 22.5 Å². The lowest BCUT2D eigenvalue weighted by atomic mass is 10.1. The molecular formula is C26H25BrN2O2S2. The Hall–Kier alpha value is -1.93. The molecule has 2 aromatic carbocycles. The van der Waals surface area contributed by atoms with Crippen LogP contribution in [-0.4, -0.2) is 39.0 Å². The van der Waals surface area contributed by atoms with E-state index in [1.54, 1.807) is 4.90 Å². The summed E-state index contributed by atoms with van der Waals surface area (Å²) < 4.78 is 9.72. The summed E-state index contributed by atoms with van der Waals surface area (Å²) >= 11 is 10.5. The molecule has 3 heterocycles. The van der Waals surface area contributed by atoms with Crippen molar-refractivity contribution in [2.45, 2.75) is 38.8 Å². The average molecular weight is 542 g/mol. The Morgan fingerprint density at radius 3 is 2.79 bits per heavy atom. The second-order valence-corrected chi connectivity index (χ2v) is 11.0. The van der Waals surface area contributed by atoms with Gasteiger partial charge in [0.1, 0.15) is 4.32 Å². The van der Waals surface area contributed by atoms with Gasteiger partial charge in [0.05, 0.1) is 23.1 Å². The first kappa shape index (κ1) is 22.8. The van der Waals surface area contributed by atoms with E-state index in [1.165, 1.54) is 28.4 Å². The molecule has 0 radical (unpaired) electrons. The zero-order valence-corrected chi connectivity index (χ0v) is 21.6. The highest BCUT2D eigenvalue weighted by Gasteiger charge is 2.34. The number of aromatic nitrogens is 1. The molecular weight excluding hydrogens is 516 g/mol. The van der Waals surface area contributed by atoms with Gasteiger partial charge < -0.3 is 9.30 Å². The number of aryl methyl sites for hydroxylation is 1. The van der Waals surface area contributed by atoms with Gasteiger partial charge in [-0.2, -0.15) is 0 Å². The SMILES string of the molecule is CCc1cccc2c(/C=C3\SC(=S)N(C[C@H]4CCCO4)C3=O)cn(Cc3ccc(Br)cc3)c12. The summed E-state index contributed by atoms with van der Waals surface area (Å²) in [4.78, 5) is 15.6. The molecule has 0 spiro atoms. The second-order valence-electron chi connectivity index (χ2n) is 8.43. The molecule has 33 heavy (non-hydrogen) atoms. The van der Waals surface area contributed by atoms with Crippen LogP contribution in [0.25, 0.3) is 17.0 Å². The molecule has 0 N–H and O–H groups in total. The average Bonchev–Trinajstić information content (AvgIpc) is 3.52. The van der Waals surface area contributed by atoms with E-state index < -0.39 is 0 Å². The monoisotopic (exact) mass is 540 g/mol. The number of thiocarbonyl (C=S) groups is 1. The largest absolute Gasteiger partial charge is 0.376 e. The Kier molecular flexibility index (Phi) is 6.74. The van der Waals surface area contributed by atoms with Gasteiger partial charge in [-0.05, 0) is 48.6 Å². The molecule has 0 aliphatic carbocycles. The zero-order chi connectivity index (χ0) is 22.9. The number of hydrogen-bond donors (Lipinski definition) is 0. The van der Waals surface area contributed by atoms with Crippen molar-refractivity contribution in [1.82, 2.24) is 9.47 Å². The van der Waals surface area contributed by atoms with Crippen LogP contribution < -0.4 is 0 Å². The topological polar surface area (TPSA) is 34.5 Å². The highest BCUT2D eigenvalue weighted by Crippen LogP contribution is 2.36. The van der Waals surface area contributed by atoms with Crippen LogP contribution in [0.3, 0.4) is 0 Å². The summed E-state index contributed by atoms with van der Waals surface area (Å²) in [6, 6.07) is 14.9. The number of hydrogen-bond acceptors (Lipinski definition) is 4. The molecule has 0 unspecified atom stereocenters. The lowest BCUT2D eigenvalue weighted by Gasteiger charge is -2.18. The number of para-hydroxylation sites is 1. The maximum atomic E-state index is 13.2. The van der Waals surface area contributed by atoms with E-state index >= 15 is 0 Å². The minimum atomic E-state index is -0.0130. The highest BCUT2D eigenvalue weighted by molar-refractivity contribution is 9.10. The minimum Gasteiger partial charge on any atom is -0.376 e. The molecule has 1 atom stereocenters. The van der Waals surface area contributed by atoms with Gasteiger partial charge in [-0.25, -0.2) is 0 Å². The molecule has 1 aromatic heterocycles. The third-order valence-corrected chi connectivity index (χ3v) is 8.14. The van der Waals surface area contributed by atoms with Crippen LogP contribution in [0.5, 0.6) is 0 Å². The van der Waals surface area contributed by atoms with Crippen LogP contribution in [0.15, 0.2) is 58.0 Å². The van der Waals surface area contributed by atoms with E-state index in [1.807, 2.05) is 6.08 Å². The number of amides is 1. The lowest BCUT2D eigenvalue weighted by Crippen LogP contribution is -2.35. The van der Waals surface area contributed by atoms with Crippen LogP contribution >= 0.6 is 39.9 Å². The number of thioether (sulfide) groups is 1. The van der Waals surface area contributed by atoms with Gasteiger partial charge in [-0.15, -0.1) is 0 Å². The molecule has 0 saturated carbocycles. The summed E-state index contributed by atoms with van der Waals surface area (Å²) in [7, 11) is 0. The maximum Gasteiger partial charge on any atom is 0.266 e. The smallest absolute Gasteiger partial charge is 0.266 e. The van der Waals surface area contributed by atoms with Crippen molar-refractivity contribution in [2.24, 2.45) is 0 Å². The summed E-state index contributed by atoms with van der Waals surface area (Å²) in [5.74, 6) is -0.0130. The molecule has 3 aromatic rings. The number of nitrogens with zero attached hydrogens (tertiary/aromatic N) is 2. The van der Waals surface area contributed by atoms with Crippen molar-refractivity contribution < 1.29 is 9.53 Å². The number of carbonyl (C=O) groups excluding carboxylic acids is 1. The van der Waals surface area contributed by atoms with Crippen LogP contribution in [0.4, 0.5) is 0 Å². The maximum absolute atomic E-state index is 13.2. The Balaban J connectivity index is 1.50. The Morgan fingerprint density at radius 1 is 1.24 bits per heavy atom. The van der Waals surface area contributed by atoms with E-state index in [4.69, 9.17) is 17.0 Å². The summed E-state index contributed by atoms with van der Waals surface area (Å²) in [6.07, 6.45) is 7.25. The second kappa shape index (κ2) is 9.74. The van der Waals surface area contributed by atoms with Crippen LogP contribution in [0.2, 0.25) is 0 Å². The fourth-order valence-electron chi connectivity index (χ4n) is 4.57. The first-order valence-corrected chi connectivity index (χ1v) is 13.3. The molecule has 5 rings (SSSR count). The van der Waals surface area contributed by atoms with Crippen LogP contribution in [0, 0.1) is 0 Å². The lowest BCUT2D eigenvalue weighted by molar-refractivity contribution is -0.123. The Morgan fingerprint density at radius 2 is 2.06 bits per heavy atom. The van der Waals surface area contributed by atoms with E-state index in [0.717, 1.165) is 47.8 Å². The van der Waals surface area contributed by atoms with Crippen molar-refractivity contribution in [2.75, 3.05) is 13.2 Å². The number of ether oxygens (including phenoxy) is 1. The summed E-state index contributed by atoms with van der Waals surface area (Å²) in [6.45, 7) is 4.27. The number of rotatable bonds is 6. The van der Waals surface area contributed by atoms with Gasteiger partial charge in [0.25, 0.3) is 5.91 Å². The van der Waals surface area contributed by atoms with Gasteiger partial charge >= 0.3 is 0 Å². The first-order valence-electron chi connectivity index (χ1n) is 11.3. The van der Waals surface area contributed by atoms with Gasteiger partial charge in [-0.1, -0.05) is 77.2 Å². The van der Waals surface area contributed by atoms with Crippen molar-refractivity contribution in [1.29, 1.82) is 0 Å². The molecule has 2 fully saturated rings.